The van der Waals surface area contributed by atoms with Crippen molar-refractivity contribution in [3.63, 3.8) is 0 Å². The summed E-state index contributed by atoms with van der Waals surface area (Å²) < 4.78 is 0. The number of thioether (sulfide) groups is 1. The van der Waals surface area contributed by atoms with Crippen LogP contribution in [0.25, 0.3) is 0 Å². The van der Waals surface area contributed by atoms with E-state index in [4.69, 9.17) is 0 Å². The van der Waals surface area contributed by atoms with Crippen molar-refractivity contribution in [1.82, 2.24) is 4.90 Å². The Hall–Kier alpha value is -0.180. The summed E-state index contributed by atoms with van der Waals surface area (Å²) in [7, 11) is 0. The molecule has 1 unspecified atom stereocenters. The van der Waals surface area contributed by atoms with Gasteiger partial charge in [0, 0.05) is 24.1 Å². The average molecular weight is 213 g/mol. The van der Waals surface area contributed by atoms with Gasteiger partial charge in [-0.15, -0.1) is 0 Å². The standard InChI is InChI=1S/C11H19NOS/c13-9-12-6-7-14-8-11(12)10-4-2-1-3-5-10/h9-11H,1-8H2. The van der Waals surface area contributed by atoms with Crippen molar-refractivity contribution in [2.24, 2.45) is 5.92 Å². The number of nitrogens with zero attached hydrogens (tertiary/aromatic N) is 1. The van der Waals surface area contributed by atoms with Crippen LogP contribution in [0.15, 0.2) is 0 Å². The van der Waals surface area contributed by atoms with Crippen LogP contribution in [0.3, 0.4) is 0 Å². The zero-order chi connectivity index (χ0) is 9.80. The van der Waals surface area contributed by atoms with E-state index in [-0.39, 0.29) is 0 Å². The number of hydrogen-bond acceptors (Lipinski definition) is 2. The van der Waals surface area contributed by atoms with Gasteiger partial charge in [-0.1, -0.05) is 19.3 Å². The summed E-state index contributed by atoms with van der Waals surface area (Å²) >= 11 is 2.02. The highest BCUT2D eigenvalue weighted by molar-refractivity contribution is 7.99. The topological polar surface area (TPSA) is 20.3 Å². The van der Waals surface area contributed by atoms with Crippen molar-refractivity contribution in [3.8, 4) is 0 Å². The molecule has 1 atom stereocenters. The van der Waals surface area contributed by atoms with Crippen LogP contribution < -0.4 is 0 Å². The van der Waals surface area contributed by atoms with Gasteiger partial charge in [0.2, 0.25) is 6.41 Å². The second-order valence-corrected chi connectivity index (χ2v) is 5.53. The molecule has 2 rings (SSSR count). The summed E-state index contributed by atoms with van der Waals surface area (Å²) in [6, 6.07) is 0.548. The molecular formula is C11H19NOS. The van der Waals surface area contributed by atoms with E-state index >= 15 is 0 Å². The molecule has 1 aliphatic carbocycles. The summed E-state index contributed by atoms with van der Waals surface area (Å²) in [6.45, 7) is 0.968. The van der Waals surface area contributed by atoms with E-state index in [0.717, 1.165) is 24.6 Å². The van der Waals surface area contributed by atoms with Crippen molar-refractivity contribution in [1.29, 1.82) is 0 Å². The second-order valence-electron chi connectivity index (χ2n) is 4.38. The molecule has 80 valence electrons. The predicted molar refractivity (Wildman–Crippen MR) is 60.5 cm³/mol. The van der Waals surface area contributed by atoms with Crippen LogP contribution >= 0.6 is 11.8 Å². The Kier molecular flexibility index (Phi) is 3.74. The van der Waals surface area contributed by atoms with E-state index in [1.165, 1.54) is 37.9 Å². The van der Waals surface area contributed by atoms with Crippen LogP contribution in [0.2, 0.25) is 0 Å². The zero-order valence-corrected chi connectivity index (χ0v) is 9.47. The fourth-order valence-electron chi connectivity index (χ4n) is 2.69. The molecule has 1 saturated heterocycles. The monoisotopic (exact) mass is 213 g/mol. The highest BCUT2D eigenvalue weighted by atomic mass is 32.2. The molecule has 2 nitrogen and oxygen atoms in total. The van der Waals surface area contributed by atoms with E-state index in [1.807, 2.05) is 16.7 Å². The second kappa shape index (κ2) is 5.06. The minimum Gasteiger partial charge on any atom is -0.340 e. The lowest BCUT2D eigenvalue weighted by Crippen LogP contribution is -2.46. The minimum atomic E-state index is 0.548. The molecule has 0 spiro atoms. The predicted octanol–water partition coefficient (Wildman–Crippen LogP) is 2.14. The molecule has 0 radical (unpaired) electrons. The van der Waals surface area contributed by atoms with Crippen molar-refractivity contribution in [2.45, 2.75) is 38.1 Å². The molecule has 0 aromatic heterocycles. The van der Waals surface area contributed by atoms with Crippen LogP contribution in [-0.4, -0.2) is 35.4 Å². The van der Waals surface area contributed by atoms with Gasteiger partial charge < -0.3 is 4.90 Å². The summed E-state index contributed by atoms with van der Waals surface area (Å²) in [5.74, 6) is 3.09. The molecule has 2 fully saturated rings. The smallest absolute Gasteiger partial charge is 0.210 e. The molecular weight excluding hydrogens is 194 g/mol. The molecule has 0 N–H and O–H groups in total. The molecule has 0 aromatic carbocycles. The molecule has 1 saturated carbocycles. The first-order valence-electron chi connectivity index (χ1n) is 5.70. The Balaban J connectivity index is 1.94. The highest BCUT2D eigenvalue weighted by Crippen LogP contribution is 2.32. The third kappa shape index (κ3) is 2.25. The van der Waals surface area contributed by atoms with E-state index in [2.05, 4.69) is 0 Å². The van der Waals surface area contributed by atoms with Crippen LogP contribution in [0.1, 0.15) is 32.1 Å². The summed E-state index contributed by atoms with van der Waals surface area (Å²) in [6.07, 6.45) is 7.90. The van der Waals surface area contributed by atoms with Crippen LogP contribution in [0.5, 0.6) is 0 Å². The third-order valence-electron chi connectivity index (χ3n) is 3.54. The Morgan fingerprint density at radius 2 is 2.00 bits per heavy atom. The van der Waals surface area contributed by atoms with Crippen molar-refractivity contribution >= 4 is 18.2 Å². The third-order valence-corrected chi connectivity index (χ3v) is 4.59. The number of hydrogen-bond donors (Lipinski definition) is 0. The molecule has 3 heteroatoms. The maximum atomic E-state index is 10.9. The first-order chi connectivity index (χ1) is 6.92. The summed E-state index contributed by atoms with van der Waals surface area (Å²) in [5.41, 5.74) is 0. The Morgan fingerprint density at radius 1 is 1.21 bits per heavy atom. The van der Waals surface area contributed by atoms with E-state index in [1.54, 1.807) is 0 Å². The molecule has 2 aliphatic rings. The SMILES string of the molecule is O=CN1CCSCC1C1CCCCC1. The fraction of sp³-hybridized carbons (Fsp3) is 0.909. The largest absolute Gasteiger partial charge is 0.340 e. The first kappa shape index (κ1) is 10.3. The Morgan fingerprint density at radius 3 is 2.71 bits per heavy atom. The van der Waals surface area contributed by atoms with Crippen molar-refractivity contribution < 1.29 is 4.79 Å². The average Bonchev–Trinajstić information content (AvgIpc) is 2.30. The van der Waals surface area contributed by atoms with Gasteiger partial charge in [-0.05, 0) is 18.8 Å². The molecule has 1 aliphatic heterocycles. The first-order valence-corrected chi connectivity index (χ1v) is 6.86. The molecule has 1 heterocycles. The van der Waals surface area contributed by atoms with Gasteiger partial charge in [-0.2, -0.15) is 11.8 Å². The fourth-order valence-corrected chi connectivity index (χ4v) is 3.90. The maximum absolute atomic E-state index is 10.9. The Labute approximate surface area is 90.4 Å². The molecule has 14 heavy (non-hydrogen) atoms. The summed E-state index contributed by atoms with van der Waals surface area (Å²) in [5, 5.41) is 0. The van der Waals surface area contributed by atoms with Gasteiger partial charge in [0.1, 0.15) is 0 Å². The van der Waals surface area contributed by atoms with Crippen LogP contribution in [0.4, 0.5) is 0 Å². The number of amides is 1. The maximum Gasteiger partial charge on any atom is 0.210 e. The van der Waals surface area contributed by atoms with Crippen molar-refractivity contribution in [2.75, 3.05) is 18.1 Å². The number of carbonyl (C=O) groups is 1. The quantitative estimate of drug-likeness (QED) is 0.655. The van der Waals surface area contributed by atoms with Gasteiger partial charge in [0.25, 0.3) is 0 Å². The van der Waals surface area contributed by atoms with Gasteiger partial charge >= 0.3 is 0 Å². The lowest BCUT2D eigenvalue weighted by atomic mass is 9.84. The van der Waals surface area contributed by atoms with Gasteiger partial charge in [0.05, 0.1) is 0 Å². The zero-order valence-electron chi connectivity index (χ0n) is 8.65. The van der Waals surface area contributed by atoms with Crippen molar-refractivity contribution in [3.05, 3.63) is 0 Å². The molecule has 1 amide bonds. The lowest BCUT2D eigenvalue weighted by Gasteiger charge is -2.39. The van der Waals surface area contributed by atoms with E-state index in [9.17, 15) is 4.79 Å². The minimum absolute atomic E-state index is 0.548. The summed E-state index contributed by atoms with van der Waals surface area (Å²) in [4.78, 5) is 13.0. The normalized spacial score (nSPS) is 30.3. The molecule has 0 bridgehead atoms. The van der Waals surface area contributed by atoms with E-state index in [0.29, 0.717) is 6.04 Å². The lowest BCUT2D eigenvalue weighted by molar-refractivity contribution is -0.120. The van der Waals surface area contributed by atoms with Crippen LogP contribution in [0, 0.1) is 5.92 Å². The number of carbonyl (C=O) groups excluding carboxylic acids is 1. The van der Waals surface area contributed by atoms with Crippen LogP contribution in [-0.2, 0) is 4.79 Å². The number of rotatable bonds is 2. The van der Waals surface area contributed by atoms with E-state index < -0.39 is 0 Å². The highest BCUT2D eigenvalue weighted by Gasteiger charge is 2.30. The molecule has 0 aromatic rings. The van der Waals surface area contributed by atoms with Gasteiger partial charge in [0.15, 0.2) is 0 Å². The Bertz CT molecular complexity index is 192. The van der Waals surface area contributed by atoms with Gasteiger partial charge in [-0.25, -0.2) is 0 Å². The van der Waals surface area contributed by atoms with Gasteiger partial charge in [-0.3, -0.25) is 4.79 Å².